The summed E-state index contributed by atoms with van der Waals surface area (Å²) >= 11 is 1.12. The van der Waals surface area contributed by atoms with E-state index in [1.165, 1.54) is 18.2 Å². The third-order valence-corrected chi connectivity index (χ3v) is 4.49. The number of hydrogen-bond donors (Lipinski definition) is 0. The van der Waals surface area contributed by atoms with Crippen molar-refractivity contribution in [2.24, 2.45) is 0 Å². The van der Waals surface area contributed by atoms with E-state index in [1.807, 2.05) is 0 Å². The van der Waals surface area contributed by atoms with Gasteiger partial charge in [0.2, 0.25) is 0 Å². The van der Waals surface area contributed by atoms with Gasteiger partial charge >= 0.3 is 59.1 Å². The molecule has 4 nitrogen and oxygen atoms in total. The first kappa shape index (κ1) is 20.7. The molecule has 0 aliphatic rings. The van der Waals surface area contributed by atoms with E-state index in [0.29, 0.717) is 0 Å². The molecule has 0 fully saturated rings. The van der Waals surface area contributed by atoms with E-state index < -0.39 is 19.0 Å². The average molecular weight is 326 g/mol. The van der Waals surface area contributed by atoms with Gasteiger partial charge in [-0.15, -0.1) is 11.3 Å². The number of carbonyl (C=O) groups is 1. The third kappa shape index (κ3) is 5.18. The Hall–Kier alpha value is 0.740. The zero-order valence-corrected chi connectivity index (χ0v) is 16.9. The van der Waals surface area contributed by atoms with E-state index in [4.69, 9.17) is 0 Å². The van der Waals surface area contributed by atoms with Gasteiger partial charge in [-0.05, 0) is 17.0 Å². The number of benzene rings is 1. The van der Waals surface area contributed by atoms with Crippen LogP contribution in [0.5, 0.6) is 0 Å². The van der Waals surface area contributed by atoms with Crippen molar-refractivity contribution in [3.8, 4) is 0 Å². The van der Waals surface area contributed by atoms with Crippen LogP contribution in [0.15, 0.2) is 47.8 Å². The summed E-state index contributed by atoms with van der Waals surface area (Å²) in [7, 11) is -5.04. The molecule has 0 saturated heterocycles. The zero-order valence-electron chi connectivity index (χ0n) is 11.2. The number of ketones is 1. The second-order valence-corrected chi connectivity index (χ2v) is 6.24. The maximum absolute atomic E-state index is 12.1. The van der Waals surface area contributed by atoms with Gasteiger partial charge in [0.05, 0.1) is 10.5 Å². The van der Waals surface area contributed by atoms with E-state index >= 15 is 0 Å². The molecular formula is C12H9Na2O4PS. The molecule has 1 aromatic heterocycles. The summed E-state index contributed by atoms with van der Waals surface area (Å²) in [4.78, 5) is 35.0. The molecule has 1 aromatic carbocycles. The molecule has 0 aliphatic carbocycles. The Bertz CT molecular complexity index is 583. The van der Waals surface area contributed by atoms with E-state index in [2.05, 4.69) is 0 Å². The van der Waals surface area contributed by atoms with Crippen molar-refractivity contribution >= 4 is 24.7 Å². The summed E-state index contributed by atoms with van der Waals surface area (Å²) in [6, 6.07) is 11.0. The Kier molecular flexibility index (Phi) is 9.34. The van der Waals surface area contributed by atoms with Crippen molar-refractivity contribution in [2.45, 2.75) is 5.66 Å². The van der Waals surface area contributed by atoms with Gasteiger partial charge in [-0.25, -0.2) is 0 Å². The summed E-state index contributed by atoms with van der Waals surface area (Å²) in [6.07, 6.45) is 0. The normalized spacial score (nSPS) is 11.9. The zero-order chi connectivity index (χ0) is 13.2. The largest absolute Gasteiger partial charge is 1.00 e. The van der Waals surface area contributed by atoms with Crippen molar-refractivity contribution in [3.63, 3.8) is 0 Å². The minimum Gasteiger partial charge on any atom is -0.810 e. The fourth-order valence-electron chi connectivity index (χ4n) is 1.67. The van der Waals surface area contributed by atoms with Gasteiger partial charge in [-0.2, -0.15) is 0 Å². The Morgan fingerprint density at radius 2 is 1.65 bits per heavy atom. The predicted octanol–water partition coefficient (Wildman–Crippen LogP) is -4.41. The average Bonchev–Trinajstić information content (AvgIpc) is 2.82. The Balaban J connectivity index is 0.00000180. The summed E-state index contributed by atoms with van der Waals surface area (Å²) < 4.78 is 11.3. The van der Waals surface area contributed by atoms with Crippen molar-refractivity contribution < 1.29 is 78.3 Å². The number of Topliss-reactive ketones (excluding diaryl/α,β-unsaturated/α-hetero) is 1. The molecule has 8 heteroatoms. The number of thiophene rings is 1. The minimum atomic E-state index is -5.04. The van der Waals surface area contributed by atoms with Crippen LogP contribution in [0.25, 0.3) is 0 Å². The molecule has 0 N–H and O–H groups in total. The quantitative estimate of drug-likeness (QED) is 0.323. The molecule has 1 heterocycles. The van der Waals surface area contributed by atoms with Gasteiger partial charge in [0, 0.05) is 0 Å². The molecule has 0 bridgehead atoms. The van der Waals surface area contributed by atoms with Gasteiger partial charge in [-0.3, -0.25) is 4.79 Å². The molecule has 0 radical (unpaired) electrons. The molecule has 1 unspecified atom stereocenters. The van der Waals surface area contributed by atoms with Crippen molar-refractivity contribution in [1.29, 1.82) is 0 Å². The monoisotopic (exact) mass is 326 g/mol. The minimum absolute atomic E-state index is 0. The van der Waals surface area contributed by atoms with Gasteiger partial charge < -0.3 is 14.4 Å². The third-order valence-electron chi connectivity index (χ3n) is 2.44. The van der Waals surface area contributed by atoms with Gasteiger partial charge in [0.25, 0.3) is 0 Å². The second-order valence-electron chi connectivity index (χ2n) is 3.69. The maximum Gasteiger partial charge on any atom is 1.00 e. The van der Waals surface area contributed by atoms with E-state index in [1.54, 1.807) is 29.6 Å². The molecule has 94 valence electrons. The van der Waals surface area contributed by atoms with E-state index in [-0.39, 0.29) is 69.6 Å². The van der Waals surface area contributed by atoms with Crippen LogP contribution in [0, 0.1) is 0 Å². The number of rotatable bonds is 4. The van der Waals surface area contributed by atoms with Gasteiger partial charge in [-0.1, -0.05) is 44.0 Å². The topological polar surface area (TPSA) is 80.3 Å². The Labute approximate surface area is 165 Å². The van der Waals surface area contributed by atoms with Gasteiger partial charge in [0.1, 0.15) is 0 Å². The van der Waals surface area contributed by atoms with Gasteiger partial charge in [0.15, 0.2) is 5.78 Å². The van der Waals surface area contributed by atoms with Crippen LogP contribution in [0.1, 0.15) is 20.9 Å². The van der Waals surface area contributed by atoms with Crippen LogP contribution >= 0.6 is 18.9 Å². The molecule has 0 amide bonds. The standard InChI is InChI=1S/C12H11O4PS.2Na/c13-11(10-7-4-8-18-10)12(17(14,15)16)9-5-2-1-3-6-9;;/h1-8,12H,(H2,14,15,16);;/q;2*+1/p-2. The van der Waals surface area contributed by atoms with Crippen LogP contribution in [-0.2, 0) is 4.57 Å². The van der Waals surface area contributed by atoms with E-state index in [9.17, 15) is 19.1 Å². The Morgan fingerprint density at radius 3 is 2.10 bits per heavy atom. The maximum atomic E-state index is 12.1. The van der Waals surface area contributed by atoms with Crippen molar-refractivity contribution in [2.75, 3.05) is 0 Å². The summed E-state index contributed by atoms with van der Waals surface area (Å²) in [5.41, 5.74) is -1.43. The molecule has 0 saturated carbocycles. The van der Waals surface area contributed by atoms with Crippen LogP contribution < -0.4 is 68.9 Å². The molecule has 20 heavy (non-hydrogen) atoms. The molecule has 2 aromatic rings. The first-order valence-electron chi connectivity index (χ1n) is 5.14. The predicted molar refractivity (Wildman–Crippen MR) is 65.4 cm³/mol. The van der Waals surface area contributed by atoms with Crippen LogP contribution in [0.2, 0.25) is 0 Å². The second kappa shape index (κ2) is 9.01. The number of carbonyl (C=O) groups excluding carboxylic acids is 1. The smallest absolute Gasteiger partial charge is 0.810 e. The summed E-state index contributed by atoms with van der Waals surface area (Å²) in [5.74, 6) is -0.662. The number of hydrogen-bond acceptors (Lipinski definition) is 5. The first-order chi connectivity index (χ1) is 8.50. The van der Waals surface area contributed by atoms with Crippen molar-refractivity contribution in [3.05, 3.63) is 58.3 Å². The van der Waals surface area contributed by atoms with Crippen LogP contribution in [-0.4, -0.2) is 5.78 Å². The first-order valence-corrected chi connectivity index (χ1v) is 7.63. The summed E-state index contributed by atoms with van der Waals surface area (Å²) in [6.45, 7) is 0. The molecule has 0 aliphatic heterocycles. The van der Waals surface area contributed by atoms with Crippen LogP contribution in [0.3, 0.4) is 0 Å². The Morgan fingerprint density at radius 1 is 1.05 bits per heavy atom. The fraction of sp³-hybridized carbons (Fsp3) is 0.0833. The molecule has 2 rings (SSSR count). The summed E-state index contributed by atoms with van der Waals surface area (Å²) in [5, 5.41) is 1.66. The van der Waals surface area contributed by atoms with Crippen molar-refractivity contribution in [1.82, 2.24) is 0 Å². The molecule has 0 spiro atoms. The SMILES string of the molecule is O=C(c1cccs1)C(c1ccccc1)P(=O)([O-])[O-].[Na+].[Na+]. The van der Waals surface area contributed by atoms with Crippen LogP contribution in [0.4, 0.5) is 0 Å². The fourth-order valence-corrected chi connectivity index (χ4v) is 3.41. The van der Waals surface area contributed by atoms with E-state index in [0.717, 1.165) is 11.3 Å². The molecule has 1 atom stereocenters. The molecular weight excluding hydrogens is 317 g/mol.